The molecule has 7 atom stereocenters. The van der Waals surface area contributed by atoms with Crippen LogP contribution in [0, 0.1) is 22.7 Å². The summed E-state index contributed by atoms with van der Waals surface area (Å²) in [4.78, 5) is 36.7. The molecule has 0 aromatic carbocycles. The Labute approximate surface area is 170 Å². The van der Waals surface area contributed by atoms with Gasteiger partial charge in [-0.2, -0.15) is 0 Å². The van der Waals surface area contributed by atoms with Crippen molar-refractivity contribution in [2.24, 2.45) is 22.7 Å². The van der Waals surface area contributed by atoms with Gasteiger partial charge in [0, 0.05) is 18.3 Å². The molecule has 5 rings (SSSR count). The van der Waals surface area contributed by atoms with Crippen LogP contribution < -0.4 is 0 Å². The van der Waals surface area contributed by atoms with E-state index in [2.05, 4.69) is 6.92 Å². The monoisotopic (exact) mass is 406 g/mol. The van der Waals surface area contributed by atoms with Gasteiger partial charge in [0.15, 0.2) is 0 Å². The summed E-state index contributed by atoms with van der Waals surface area (Å²) in [6.07, 6.45) is 4.81. The number of carbonyl (C=O) groups excluding carboxylic acids is 3. The van der Waals surface area contributed by atoms with E-state index in [0.29, 0.717) is 0 Å². The molecule has 3 heterocycles. The molecule has 160 valence electrons. The summed E-state index contributed by atoms with van der Waals surface area (Å²) in [6.45, 7) is 6.10. The van der Waals surface area contributed by atoms with Gasteiger partial charge in [-0.1, -0.05) is 13.3 Å². The number of esters is 3. The Bertz CT molecular complexity index is 779. The third-order valence-electron chi connectivity index (χ3n) is 8.77. The smallest absolute Gasteiger partial charge is 0.312 e. The normalized spacial score (nSPS) is 50.5. The molecular weight excluding hydrogens is 376 g/mol. The molecule has 0 radical (unpaired) electrons. The fourth-order valence-electron chi connectivity index (χ4n) is 7.63. The summed E-state index contributed by atoms with van der Waals surface area (Å²) in [5, 5.41) is 0. The minimum absolute atomic E-state index is 0.0556. The minimum Gasteiger partial charge on any atom is -0.465 e. The van der Waals surface area contributed by atoms with Crippen molar-refractivity contribution in [3.63, 3.8) is 0 Å². The van der Waals surface area contributed by atoms with E-state index in [-0.39, 0.29) is 55.5 Å². The second-order valence-corrected chi connectivity index (χ2v) is 10.3. The van der Waals surface area contributed by atoms with E-state index in [1.54, 1.807) is 0 Å². The first-order valence-electron chi connectivity index (χ1n) is 10.9. The van der Waals surface area contributed by atoms with E-state index in [0.717, 1.165) is 38.5 Å². The van der Waals surface area contributed by atoms with Gasteiger partial charge in [-0.05, 0) is 44.9 Å². The Morgan fingerprint density at radius 2 is 2.00 bits per heavy atom. The largest absolute Gasteiger partial charge is 0.465 e. The summed E-state index contributed by atoms with van der Waals surface area (Å²) in [7, 11) is 0. The third kappa shape index (κ3) is 2.37. The maximum atomic E-state index is 12.9. The zero-order valence-corrected chi connectivity index (χ0v) is 17.5. The van der Waals surface area contributed by atoms with Crippen molar-refractivity contribution in [3.05, 3.63) is 0 Å². The number of fused-ring (bicyclic) bond motifs is 1. The highest BCUT2D eigenvalue weighted by atomic mass is 16.6. The van der Waals surface area contributed by atoms with Crippen LogP contribution in [0.1, 0.15) is 65.7 Å². The van der Waals surface area contributed by atoms with Gasteiger partial charge in [0.25, 0.3) is 0 Å². The molecule has 3 saturated heterocycles. The third-order valence-corrected chi connectivity index (χ3v) is 8.77. The minimum atomic E-state index is -0.598. The van der Waals surface area contributed by atoms with Gasteiger partial charge in [-0.3, -0.25) is 14.4 Å². The quantitative estimate of drug-likeness (QED) is 0.514. The van der Waals surface area contributed by atoms with Gasteiger partial charge in [-0.15, -0.1) is 0 Å². The summed E-state index contributed by atoms with van der Waals surface area (Å²) in [5.41, 5.74) is -2.25. The molecule has 5 fully saturated rings. The van der Waals surface area contributed by atoms with Crippen molar-refractivity contribution >= 4 is 17.9 Å². The summed E-state index contributed by atoms with van der Waals surface area (Å²) >= 11 is 0. The maximum absolute atomic E-state index is 12.9. The van der Waals surface area contributed by atoms with Gasteiger partial charge in [0.1, 0.15) is 24.9 Å². The van der Waals surface area contributed by atoms with Crippen molar-refractivity contribution in [1.29, 1.82) is 0 Å². The number of ether oxygens (including phenoxy) is 4. The fraction of sp³-hybridized carbons (Fsp3) is 0.864. The van der Waals surface area contributed by atoms with Gasteiger partial charge >= 0.3 is 17.9 Å². The molecule has 0 amide bonds. The van der Waals surface area contributed by atoms with Crippen molar-refractivity contribution in [1.82, 2.24) is 0 Å². The van der Waals surface area contributed by atoms with Crippen LogP contribution in [-0.4, -0.2) is 48.4 Å². The standard InChI is InChI=1S/C22H30O7/c1-13-9-15-17-19(3,18(25)28-15)5-4-6-21(17,12-26-14(2)23)22(13)8-7-20(29-22)10-16(24)27-11-20/h13,15,17H,4-12H2,1-3H3. The number of rotatable bonds is 2. The van der Waals surface area contributed by atoms with E-state index in [1.165, 1.54) is 6.92 Å². The summed E-state index contributed by atoms with van der Waals surface area (Å²) in [6, 6.07) is 0. The maximum Gasteiger partial charge on any atom is 0.312 e. The Morgan fingerprint density at radius 3 is 2.69 bits per heavy atom. The lowest BCUT2D eigenvalue weighted by Crippen LogP contribution is -2.68. The first-order chi connectivity index (χ1) is 13.7. The first-order valence-corrected chi connectivity index (χ1v) is 10.9. The van der Waals surface area contributed by atoms with E-state index in [9.17, 15) is 14.4 Å². The van der Waals surface area contributed by atoms with Gasteiger partial charge < -0.3 is 18.9 Å². The highest BCUT2D eigenvalue weighted by Gasteiger charge is 2.76. The fourth-order valence-corrected chi connectivity index (χ4v) is 7.63. The van der Waals surface area contributed by atoms with Crippen LogP contribution in [0.3, 0.4) is 0 Å². The highest BCUT2D eigenvalue weighted by Crippen LogP contribution is 2.70. The molecule has 5 aliphatic rings. The molecule has 2 aliphatic carbocycles. The van der Waals surface area contributed by atoms with Gasteiger partial charge in [-0.25, -0.2) is 0 Å². The van der Waals surface area contributed by atoms with Crippen LogP contribution in [-0.2, 0) is 33.3 Å². The molecule has 0 N–H and O–H groups in total. The van der Waals surface area contributed by atoms with E-state index in [1.807, 2.05) is 6.92 Å². The predicted octanol–water partition coefficient (Wildman–Crippen LogP) is 2.54. The van der Waals surface area contributed by atoms with Crippen molar-refractivity contribution < 1.29 is 33.3 Å². The van der Waals surface area contributed by atoms with Crippen LogP contribution >= 0.6 is 0 Å². The molecule has 7 heteroatoms. The molecule has 29 heavy (non-hydrogen) atoms. The average molecular weight is 406 g/mol. The molecule has 2 spiro atoms. The zero-order valence-electron chi connectivity index (χ0n) is 17.5. The first kappa shape index (κ1) is 19.3. The molecule has 3 aliphatic heterocycles. The summed E-state index contributed by atoms with van der Waals surface area (Å²) in [5.74, 6) is -0.613. The topological polar surface area (TPSA) is 88.1 Å². The lowest BCUT2D eigenvalue weighted by molar-refractivity contribution is -0.269. The number of carbonyl (C=O) groups is 3. The Balaban J connectivity index is 1.62. The van der Waals surface area contributed by atoms with E-state index >= 15 is 0 Å². The average Bonchev–Trinajstić information content (AvgIpc) is 3.29. The number of hydrogen-bond acceptors (Lipinski definition) is 7. The van der Waals surface area contributed by atoms with E-state index < -0.39 is 22.0 Å². The molecule has 7 nitrogen and oxygen atoms in total. The van der Waals surface area contributed by atoms with Crippen molar-refractivity contribution in [2.75, 3.05) is 13.2 Å². The van der Waals surface area contributed by atoms with Crippen molar-refractivity contribution in [2.45, 2.75) is 83.0 Å². The Hall–Kier alpha value is -1.63. The van der Waals surface area contributed by atoms with Gasteiger partial charge in [0.2, 0.25) is 0 Å². The van der Waals surface area contributed by atoms with E-state index in [4.69, 9.17) is 18.9 Å². The number of cyclic esters (lactones) is 1. The second-order valence-electron chi connectivity index (χ2n) is 10.3. The van der Waals surface area contributed by atoms with Crippen LogP contribution in [0.2, 0.25) is 0 Å². The van der Waals surface area contributed by atoms with Crippen LogP contribution in [0.15, 0.2) is 0 Å². The molecular formula is C22H30O7. The second kappa shape index (κ2) is 5.96. The van der Waals surface area contributed by atoms with Gasteiger partial charge in [0.05, 0.1) is 17.4 Å². The Morgan fingerprint density at radius 1 is 1.21 bits per heavy atom. The van der Waals surface area contributed by atoms with Crippen LogP contribution in [0.25, 0.3) is 0 Å². The number of hydrogen-bond donors (Lipinski definition) is 0. The lowest BCUT2D eigenvalue weighted by atomic mass is 9.43. The lowest BCUT2D eigenvalue weighted by Gasteiger charge is -2.62. The summed E-state index contributed by atoms with van der Waals surface area (Å²) < 4.78 is 23.8. The molecule has 0 bridgehead atoms. The SMILES string of the molecule is CC(=O)OCC12CCCC3(C)C(=O)OC(CC(C)C14CCC1(COC(=O)C1)O4)C32. The molecule has 0 aromatic rings. The highest BCUT2D eigenvalue weighted by molar-refractivity contribution is 5.80. The molecule has 7 unspecified atom stereocenters. The Kier molecular flexibility index (Phi) is 3.97. The van der Waals surface area contributed by atoms with Crippen LogP contribution in [0.4, 0.5) is 0 Å². The predicted molar refractivity (Wildman–Crippen MR) is 99.5 cm³/mol. The van der Waals surface area contributed by atoms with Crippen LogP contribution in [0.5, 0.6) is 0 Å². The molecule has 2 saturated carbocycles. The molecule has 0 aromatic heterocycles. The van der Waals surface area contributed by atoms with Crippen molar-refractivity contribution in [3.8, 4) is 0 Å². The zero-order chi connectivity index (χ0) is 20.7.